The molecular formula is C16H23NO. The average Bonchev–Trinajstić information content (AvgIpc) is 3.19. The van der Waals surface area contributed by atoms with E-state index in [1.165, 1.54) is 24.0 Å². The molecule has 2 heteroatoms. The summed E-state index contributed by atoms with van der Waals surface area (Å²) < 4.78 is 5.18. The van der Waals surface area contributed by atoms with Crippen molar-refractivity contribution in [3.8, 4) is 5.75 Å². The third-order valence-corrected chi connectivity index (χ3v) is 3.38. The molecule has 0 heterocycles. The highest BCUT2D eigenvalue weighted by molar-refractivity contribution is 5.54. The van der Waals surface area contributed by atoms with Crippen LogP contribution >= 0.6 is 0 Å². The van der Waals surface area contributed by atoms with Gasteiger partial charge >= 0.3 is 0 Å². The van der Waals surface area contributed by atoms with Gasteiger partial charge in [0.15, 0.2) is 0 Å². The molecule has 1 aliphatic carbocycles. The second-order valence-electron chi connectivity index (χ2n) is 5.30. The van der Waals surface area contributed by atoms with Gasteiger partial charge in [0.05, 0.1) is 7.11 Å². The fourth-order valence-corrected chi connectivity index (χ4v) is 1.89. The largest absolute Gasteiger partial charge is 0.497 e. The summed E-state index contributed by atoms with van der Waals surface area (Å²) in [7, 11) is 1.70. The van der Waals surface area contributed by atoms with Crippen molar-refractivity contribution in [2.45, 2.75) is 32.7 Å². The van der Waals surface area contributed by atoms with Gasteiger partial charge in [0.2, 0.25) is 0 Å². The Bertz CT molecular complexity index is 402. The molecule has 0 unspecified atom stereocenters. The van der Waals surface area contributed by atoms with Crippen molar-refractivity contribution in [2.24, 2.45) is 5.92 Å². The average molecular weight is 245 g/mol. The van der Waals surface area contributed by atoms with E-state index < -0.39 is 0 Å². The van der Waals surface area contributed by atoms with Gasteiger partial charge in [-0.1, -0.05) is 37.6 Å². The summed E-state index contributed by atoms with van der Waals surface area (Å²) in [6.45, 7) is 5.52. The van der Waals surface area contributed by atoms with E-state index in [1.807, 2.05) is 12.1 Å². The first-order valence-corrected chi connectivity index (χ1v) is 6.77. The Morgan fingerprint density at radius 3 is 2.50 bits per heavy atom. The minimum atomic E-state index is 0.582. The van der Waals surface area contributed by atoms with E-state index in [2.05, 4.69) is 37.4 Å². The summed E-state index contributed by atoms with van der Waals surface area (Å²) >= 11 is 0. The summed E-state index contributed by atoms with van der Waals surface area (Å²) in [4.78, 5) is 0. The molecule has 1 N–H and O–H groups in total. The normalized spacial score (nSPS) is 16.1. The van der Waals surface area contributed by atoms with Gasteiger partial charge in [0.25, 0.3) is 0 Å². The number of rotatable bonds is 6. The minimum Gasteiger partial charge on any atom is -0.497 e. The van der Waals surface area contributed by atoms with Crippen LogP contribution in [0, 0.1) is 5.92 Å². The van der Waals surface area contributed by atoms with Crippen molar-refractivity contribution in [3.63, 3.8) is 0 Å². The van der Waals surface area contributed by atoms with Crippen LogP contribution in [0.1, 0.15) is 32.3 Å². The van der Waals surface area contributed by atoms with Crippen LogP contribution in [0.5, 0.6) is 5.75 Å². The first kappa shape index (κ1) is 13.2. The zero-order chi connectivity index (χ0) is 13.0. The lowest BCUT2D eigenvalue weighted by molar-refractivity contribution is 0.415. The Labute approximate surface area is 110 Å². The third-order valence-electron chi connectivity index (χ3n) is 3.38. The molecule has 1 aromatic carbocycles. The summed E-state index contributed by atoms with van der Waals surface area (Å²) in [6, 6.07) is 9.01. The van der Waals surface area contributed by atoms with E-state index in [0.717, 1.165) is 18.3 Å². The number of hydrogen-bond acceptors (Lipinski definition) is 2. The van der Waals surface area contributed by atoms with Crippen LogP contribution in [0.2, 0.25) is 0 Å². The Kier molecular flexibility index (Phi) is 4.43. The summed E-state index contributed by atoms with van der Waals surface area (Å²) in [6.07, 6.45) is 4.97. The van der Waals surface area contributed by atoms with Gasteiger partial charge in [-0.05, 0) is 36.5 Å². The standard InChI is InChI=1S/C16H23NO/c1-12(2)14(11-17-15-6-7-15)10-13-4-8-16(18-3)9-5-13/h4-5,8-10,12,15,17H,6-7,11H2,1-3H3. The van der Waals surface area contributed by atoms with Crippen molar-refractivity contribution in [1.82, 2.24) is 5.32 Å². The summed E-state index contributed by atoms with van der Waals surface area (Å²) in [5, 5.41) is 3.59. The molecule has 1 saturated carbocycles. The number of benzene rings is 1. The minimum absolute atomic E-state index is 0.582. The van der Waals surface area contributed by atoms with Crippen LogP contribution < -0.4 is 10.1 Å². The smallest absolute Gasteiger partial charge is 0.118 e. The maximum Gasteiger partial charge on any atom is 0.118 e. The first-order valence-electron chi connectivity index (χ1n) is 6.77. The number of nitrogens with one attached hydrogen (secondary N) is 1. The molecule has 1 aliphatic rings. The van der Waals surface area contributed by atoms with E-state index in [-0.39, 0.29) is 0 Å². The van der Waals surface area contributed by atoms with E-state index in [9.17, 15) is 0 Å². The Morgan fingerprint density at radius 1 is 1.33 bits per heavy atom. The van der Waals surface area contributed by atoms with E-state index in [4.69, 9.17) is 4.74 Å². The van der Waals surface area contributed by atoms with Gasteiger partial charge in [-0.15, -0.1) is 0 Å². The SMILES string of the molecule is COc1ccc(C=C(CNC2CC2)C(C)C)cc1. The van der Waals surface area contributed by atoms with Gasteiger partial charge in [-0.3, -0.25) is 0 Å². The Balaban J connectivity index is 2.04. The lowest BCUT2D eigenvalue weighted by Crippen LogP contribution is -2.21. The highest BCUT2D eigenvalue weighted by Crippen LogP contribution is 2.21. The summed E-state index contributed by atoms with van der Waals surface area (Å²) in [5.74, 6) is 1.49. The lowest BCUT2D eigenvalue weighted by Gasteiger charge is -2.12. The van der Waals surface area contributed by atoms with E-state index >= 15 is 0 Å². The molecule has 1 aromatic rings. The van der Waals surface area contributed by atoms with Crippen molar-refractivity contribution in [3.05, 3.63) is 35.4 Å². The first-order chi connectivity index (χ1) is 8.69. The molecule has 0 saturated heterocycles. The van der Waals surface area contributed by atoms with Crippen molar-refractivity contribution >= 4 is 6.08 Å². The van der Waals surface area contributed by atoms with Crippen LogP contribution in [0.3, 0.4) is 0 Å². The fourth-order valence-electron chi connectivity index (χ4n) is 1.89. The van der Waals surface area contributed by atoms with Gasteiger partial charge in [-0.2, -0.15) is 0 Å². The van der Waals surface area contributed by atoms with E-state index in [0.29, 0.717) is 5.92 Å². The third kappa shape index (κ3) is 3.88. The Morgan fingerprint density at radius 2 is 2.00 bits per heavy atom. The molecule has 0 aliphatic heterocycles. The maximum absolute atomic E-state index is 5.18. The molecule has 0 atom stereocenters. The second kappa shape index (κ2) is 6.05. The maximum atomic E-state index is 5.18. The van der Waals surface area contributed by atoms with Crippen LogP contribution in [-0.2, 0) is 0 Å². The molecule has 0 radical (unpaired) electrons. The molecule has 18 heavy (non-hydrogen) atoms. The zero-order valence-electron chi connectivity index (χ0n) is 11.6. The van der Waals surface area contributed by atoms with Crippen molar-refractivity contribution < 1.29 is 4.74 Å². The zero-order valence-corrected chi connectivity index (χ0v) is 11.6. The molecule has 2 rings (SSSR count). The van der Waals surface area contributed by atoms with Gasteiger partial charge in [0, 0.05) is 12.6 Å². The topological polar surface area (TPSA) is 21.3 Å². The number of methoxy groups -OCH3 is 1. The van der Waals surface area contributed by atoms with Crippen LogP contribution in [0.15, 0.2) is 29.8 Å². The van der Waals surface area contributed by atoms with Crippen molar-refractivity contribution in [2.75, 3.05) is 13.7 Å². The molecule has 98 valence electrons. The van der Waals surface area contributed by atoms with Crippen molar-refractivity contribution in [1.29, 1.82) is 0 Å². The molecule has 0 bridgehead atoms. The molecule has 0 amide bonds. The second-order valence-corrected chi connectivity index (χ2v) is 5.30. The van der Waals surface area contributed by atoms with Gasteiger partial charge in [-0.25, -0.2) is 0 Å². The highest BCUT2D eigenvalue weighted by Gasteiger charge is 2.20. The molecule has 0 aromatic heterocycles. The number of hydrogen-bond donors (Lipinski definition) is 1. The van der Waals surface area contributed by atoms with Gasteiger partial charge < -0.3 is 10.1 Å². The predicted molar refractivity (Wildman–Crippen MR) is 76.8 cm³/mol. The van der Waals surface area contributed by atoms with Gasteiger partial charge in [0.1, 0.15) is 5.75 Å². The summed E-state index contributed by atoms with van der Waals surface area (Å²) in [5.41, 5.74) is 2.71. The molecular weight excluding hydrogens is 222 g/mol. The molecule has 2 nitrogen and oxygen atoms in total. The molecule has 0 spiro atoms. The van der Waals surface area contributed by atoms with Crippen LogP contribution in [0.25, 0.3) is 6.08 Å². The Hall–Kier alpha value is -1.28. The predicted octanol–water partition coefficient (Wildman–Crippen LogP) is 3.49. The van der Waals surface area contributed by atoms with Crippen LogP contribution in [0.4, 0.5) is 0 Å². The highest BCUT2D eigenvalue weighted by atomic mass is 16.5. The van der Waals surface area contributed by atoms with Crippen LogP contribution in [-0.4, -0.2) is 19.7 Å². The quantitative estimate of drug-likeness (QED) is 0.828. The fraction of sp³-hybridized carbons (Fsp3) is 0.500. The molecule has 1 fully saturated rings. The monoisotopic (exact) mass is 245 g/mol. The lowest BCUT2D eigenvalue weighted by atomic mass is 10.00. The number of ether oxygens (including phenoxy) is 1. The van der Waals surface area contributed by atoms with E-state index in [1.54, 1.807) is 7.11 Å².